The van der Waals surface area contributed by atoms with Crippen molar-refractivity contribution < 1.29 is 27.5 Å². The number of halogens is 3. The fourth-order valence-electron chi connectivity index (χ4n) is 1.88. The molecule has 134 valence electrons. The lowest BCUT2D eigenvalue weighted by Crippen LogP contribution is -2.21. The maximum absolute atomic E-state index is 12.9. The fourth-order valence-corrected chi connectivity index (χ4v) is 1.88. The van der Waals surface area contributed by atoms with E-state index in [0.717, 1.165) is 16.8 Å². The van der Waals surface area contributed by atoms with Gasteiger partial charge in [-0.05, 0) is 19.1 Å². The molecule has 1 aromatic heterocycles. The van der Waals surface area contributed by atoms with Gasteiger partial charge in [-0.2, -0.15) is 13.2 Å². The highest BCUT2D eigenvalue weighted by Crippen LogP contribution is 2.34. The Kier molecular flexibility index (Phi) is 5.57. The van der Waals surface area contributed by atoms with E-state index < -0.39 is 23.7 Å². The first kappa shape index (κ1) is 18.2. The highest BCUT2D eigenvalue weighted by atomic mass is 19.4. The highest BCUT2D eigenvalue weighted by Gasteiger charge is 2.33. The van der Waals surface area contributed by atoms with Gasteiger partial charge in [0.1, 0.15) is 6.54 Å². The molecule has 1 heterocycles. The Labute approximate surface area is 140 Å². The minimum Gasteiger partial charge on any atom is -0.450 e. The molecule has 0 unspecified atom stereocenters. The van der Waals surface area contributed by atoms with Crippen molar-refractivity contribution in [2.45, 2.75) is 19.6 Å². The Balaban J connectivity index is 2.00. The number of carbonyl (C=O) groups is 2. The molecule has 11 heteroatoms. The summed E-state index contributed by atoms with van der Waals surface area (Å²) < 4.78 is 44.4. The van der Waals surface area contributed by atoms with E-state index >= 15 is 0 Å². The quantitative estimate of drug-likeness (QED) is 0.857. The summed E-state index contributed by atoms with van der Waals surface area (Å²) in [5.74, 6) is -0.689. The van der Waals surface area contributed by atoms with Crippen molar-refractivity contribution in [3.63, 3.8) is 0 Å². The summed E-state index contributed by atoms with van der Waals surface area (Å²) >= 11 is 0. The number of nitrogens with one attached hydrogen (secondary N) is 2. The van der Waals surface area contributed by atoms with Crippen LogP contribution in [0.25, 0.3) is 0 Å². The molecular formula is C14H14F3N5O3. The third kappa shape index (κ3) is 5.19. The molecule has 2 rings (SSSR count). The Morgan fingerprint density at radius 1 is 1.24 bits per heavy atom. The van der Waals surface area contributed by atoms with E-state index in [0.29, 0.717) is 0 Å². The minimum atomic E-state index is -4.59. The van der Waals surface area contributed by atoms with Gasteiger partial charge in [-0.3, -0.25) is 10.1 Å². The van der Waals surface area contributed by atoms with E-state index in [1.54, 1.807) is 6.92 Å². The molecule has 0 spiro atoms. The van der Waals surface area contributed by atoms with Crippen LogP contribution in [0.5, 0.6) is 0 Å². The second-order valence-electron chi connectivity index (χ2n) is 4.74. The molecule has 2 aromatic rings. The number of aromatic nitrogens is 3. The Morgan fingerprint density at radius 3 is 2.64 bits per heavy atom. The zero-order valence-electron chi connectivity index (χ0n) is 13.0. The SMILES string of the molecule is CCOC(=O)Nc1cn(CC(=O)Nc2ccccc2C(F)(F)F)nn1. The molecule has 0 fully saturated rings. The number of ether oxygens (including phenoxy) is 1. The smallest absolute Gasteiger partial charge is 0.418 e. The molecule has 0 saturated carbocycles. The topological polar surface area (TPSA) is 98.1 Å². The van der Waals surface area contributed by atoms with Gasteiger partial charge in [-0.25, -0.2) is 9.48 Å². The van der Waals surface area contributed by atoms with E-state index in [9.17, 15) is 22.8 Å². The lowest BCUT2D eigenvalue weighted by atomic mass is 10.1. The van der Waals surface area contributed by atoms with Crippen LogP contribution < -0.4 is 10.6 Å². The number of anilines is 2. The van der Waals surface area contributed by atoms with Crippen LogP contribution in [0.1, 0.15) is 12.5 Å². The number of hydrogen-bond acceptors (Lipinski definition) is 5. The number of rotatable bonds is 5. The molecule has 0 aliphatic heterocycles. The molecule has 1 aromatic carbocycles. The predicted octanol–water partition coefficient (Wildman–Crippen LogP) is 2.50. The Morgan fingerprint density at radius 2 is 1.96 bits per heavy atom. The van der Waals surface area contributed by atoms with Gasteiger partial charge in [-0.1, -0.05) is 17.3 Å². The molecule has 0 aliphatic rings. The largest absolute Gasteiger partial charge is 0.450 e. The maximum atomic E-state index is 12.9. The van der Waals surface area contributed by atoms with Gasteiger partial charge in [-0.15, -0.1) is 5.10 Å². The molecule has 25 heavy (non-hydrogen) atoms. The molecule has 2 N–H and O–H groups in total. The number of hydrogen-bond donors (Lipinski definition) is 2. The first-order chi connectivity index (χ1) is 11.8. The average molecular weight is 357 g/mol. The van der Waals surface area contributed by atoms with Crippen LogP contribution in [0.15, 0.2) is 30.5 Å². The van der Waals surface area contributed by atoms with Crippen LogP contribution in [0.3, 0.4) is 0 Å². The van der Waals surface area contributed by atoms with Crippen molar-refractivity contribution >= 4 is 23.5 Å². The predicted molar refractivity (Wildman–Crippen MR) is 80.7 cm³/mol. The molecule has 0 atom stereocenters. The van der Waals surface area contributed by atoms with Gasteiger partial charge < -0.3 is 10.1 Å². The fraction of sp³-hybridized carbons (Fsp3) is 0.286. The number of para-hydroxylation sites is 1. The zero-order valence-corrected chi connectivity index (χ0v) is 13.0. The summed E-state index contributed by atoms with van der Waals surface area (Å²) in [6.07, 6.45) is -4.09. The van der Waals surface area contributed by atoms with Crippen molar-refractivity contribution in [1.29, 1.82) is 0 Å². The molecule has 0 bridgehead atoms. The molecule has 0 saturated heterocycles. The average Bonchev–Trinajstić information content (AvgIpc) is 2.93. The molecular weight excluding hydrogens is 343 g/mol. The second kappa shape index (κ2) is 7.64. The first-order valence-electron chi connectivity index (χ1n) is 7.09. The molecule has 0 radical (unpaired) electrons. The van der Waals surface area contributed by atoms with E-state index in [-0.39, 0.29) is 24.7 Å². The van der Waals surface area contributed by atoms with Crippen LogP contribution >= 0.6 is 0 Å². The first-order valence-corrected chi connectivity index (χ1v) is 7.09. The number of carbonyl (C=O) groups excluding carboxylic acids is 2. The van der Waals surface area contributed by atoms with Crippen molar-refractivity contribution in [1.82, 2.24) is 15.0 Å². The van der Waals surface area contributed by atoms with Crippen molar-refractivity contribution in [2.24, 2.45) is 0 Å². The van der Waals surface area contributed by atoms with Crippen LogP contribution in [0, 0.1) is 0 Å². The second-order valence-corrected chi connectivity index (χ2v) is 4.74. The summed E-state index contributed by atoms with van der Waals surface area (Å²) in [7, 11) is 0. The van der Waals surface area contributed by atoms with Gasteiger partial charge in [0, 0.05) is 0 Å². The van der Waals surface area contributed by atoms with Crippen LogP contribution in [0.4, 0.5) is 29.5 Å². The zero-order chi connectivity index (χ0) is 18.4. The number of benzene rings is 1. The van der Waals surface area contributed by atoms with Gasteiger partial charge in [0.15, 0.2) is 5.82 Å². The van der Waals surface area contributed by atoms with Crippen LogP contribution in [-0.4, -0.2) is 33.6 Å². The van der Waals surface area contributed by atoms with Crippen LogP contribution in [-0.2, 0) is 22.3 Å². The van der Waals surface area contributed by atoms with E-state index in [1.165, 1.54) is 18.3 Å². The molecule has 0 aliphatic carbocycles. The number of alkyl halides is 3. The van der Waals surface area contributed by atoms with Gasteiger partial charge in [0.25, 0.3) is 0 Å². The van der Waals surface area contributed by atoms with E-state index in [2.05, 4.69) is 25.7 Å². The summed E-state index contributed by atoms with van der Waals surface area (Å²) in [4.78, 5) is 23.1. The lowest BCUT2D eigenvalue weighted by molar-refractivity contribution is -0.137. The van der Waals surface area contributed by atoms with Gasteiger partial charge in [0.05, 0.1) is 24.1 Å². The standard InChI is InChI=1S/C14H14F3N5O3/c1-2-25-13(24)19-11-7-22(21-20-11)8-12(23)18-10-6-4-3-5-9(10)14(15,16)17/h3-7H,2,8H2,1H3,(H,18,23)(H,19,24). The van der Waals surface area contributed by atoms with Gasteiger partial charge in [0.2, 0.25) is 5.91 Å². The van der Waals surface area contributed by atoms with Crippen LogP contribution in [0.2, 0.25) is 0 Å². The number of amides is 2. The van der Waals surface area contributed by atoms with E-state index in [4.69, 9.17) is 0 Å². The lowest BCUT2D eigenvalue weighted by Gasteiger charge is -2.13. The minimum absolute atomic E-state index is 0.0435. The van der Waals surface area contributed by atoms with Crippen molar-refractivity contribution in [3.05, 3.63) is 36.0 Å². The highest BCUT2D eigenvalue weighted by molar-refractivity contribution is 5.91. The third-order valence-electron chi connectivity index (χ3n) is 2.86. The van der Waals surface area contributed by atoms with Crippen molar-refractivity contribution in [3.8, 4) is 0 Å². The molecule has 2 amide bonds. The summed E-state index contributed by atoms with van der Waals surface area (Å²) in [5, 5.41) is 11.6. The summed E-state index contributed by atoms with van der Waals surface area (Å²) in [6.45, 7) is 1.41. The van der Waals surface area contributed by atoms with Gasteiger partial charge >= 0.3 is 12.3 Å². The normalized spacial score (nSPS) is 11.0. The summed E-state index contributed by atoms with van der Waals surface area (Å²) in [6, 6.07) is 4.62. The number of nitrogens with zero attached hydrogens (tertiary/aromatic N) is 3. The van der Waals surface area contributed by atoms with Crippen molar-refractivity contribution in [2.75, 3.05) is 17.2 Å². The monoisotopic (exact) mass is 357 g/mol. The third-order valence-corrected chi connectivity index (χ3v) is 2.86. The van der Waals surface area contributed by atoms with E-state index in [1.807, 2.05) is 0 Å². The Bertz CT molecular complexity index is 760. The summed E-state index contributed by atoms with van der Waals surface area (Å²) in [5.41, 5.74) is -1.31. The molecule has 8 nitrogen and oxygen atoms in total. The Hall–Kier alpha value is -3.11. The maximum Gasteiger partial charge on any atom is 0.418 e.